The first kappa shape index (κ1) is 14.6. The molecular weight excluding hydrogens is 252 g/mol. The van der Waals surface area contributed by atoms with Crippen molar-refractivity contribution in [3.05, 3.63) is 39.4 Å². The van der Waals surface area contributed by atoms with Gasteiger partial charge in [0.15, 0.2) is 0 Å². The van der Waals surface area contributed by atoms with Crippen LogP contribution in [0.2, 0.25) is 0 Å². The van der Waals surface area contributed by atoms with Crippen molar-refractivity contribution in [3.8, 4) is 0 Å². The van der Waals surface area contributed by atoms with Gasteiger partial charge in [-0.05, 0) is 25.0 Å². The lowest BCUT2D eigenvalue weighted by Gasteiger charge is -2.06. The fraction of sp³-hybridized carbons (Fsp3) is 0.333. The predicted molar refractivity (Wildman–Crippen MR) is 67.0 cm³/mol. The Bertz CT molecular complexity index is 513. The smallest absolute Gasteiger partial charge is 0.303 e. The highest BCUT2D eigenvalue weighted by Gasteiger charge is 2.13. The summed E-state index contributed by atoms with van der Waals surface area (Å²) in [6.45, 7) is 1.86. The van der Waals surface area contributed by atoms with Gasteiger partial charge in [0, 0.05) is 30.7 Å². The number of aryl methyl sites for hydroxylation is 1. The van der Waals surface area contributed by atoms with E-state index in [4.69, 9.17) is 5.11 Å². The highest BCUT2D eigenvalue weighted by molar-refractivity contribution is 5.95. The number of hydrogen-bond acceptors (Lipinski definition) is 4. The molecule has 7 heteroatoms. The number of carbonyl (C=O) groups is 2. The van der Waals surface area contributed by atoms with Crippen molar-refractivity contribution in [2.45, 2.75) is 19.8 Å². The van der Waals surface area contributed by atoms with Crippen molar-refractivity contribution >= 4 is 17.6 Å². The molecular formula is C12H14N2O5. The molecule has 0 radical (unpaired) electrons. The first-order chi connectivity index (χ1) is 8.91. The zero-order valence-corrected chi connectivity index (χ0v) is 10.4. The lowest BCUT2D eigenvalue weighted by Crippen LogP contribution is -2.25. The van der Waals surface area contributed by atoms with E-state index in [0.29, 0.717) is 17.5 Å². The van der Waals surface area contributed by atoms with Crippen LogP contribution in [0.15, 0.2) is 18.2 Å². The average molecular weight is 266 g/mol. The van der Waals surface area contributed by atoms with E-state index >= 15 is 0 Å². The average Bonchev–Trinajstić information content (AvgIpc) is 2.33. The van der Waals surface area contributed by atoms with Crippen LogP contribution in [-0.2, 0) is 4.79 Å². The van der Waals surface area contributed by atoms with Crippen LogP contribution in [0.5, 0.6) is 0 Å². The number of hydrogen-bond donors (Lipinski definition) is 2. The minimum atomic E-state index is -0.916. The van der Waals surface area contributed by atoms with Crippen molar-refractivity contribution in [2.75, 3.05) is 6.54 Å². The molecule has 0 saturated heterocycles. The van der Waals surface area contributed by atoms with E-state index in [1.807, 2.05) is 0 Å². The minimum Gasteiger partial charge on any atom is -0.481 e. The zero-order chi connectivity index (χ0) is 14.4. The molecule has 2 N–H and O–H groups in total. The van der Waals surface area contributed by atoms with Crippen LogP contribution in [0.3, 0.4) is 0 Å². The Morgan fingerprint density at radius 2 is 2.11 bits per heavy atom. The normalized spacial score (nSPS) is 9.95. The lowest BCUT2D eigenvalue weighted by atomic mass is 10.1. The van der Waals surface area contributed by atoms with Gasteiger partial charge in [0.05, 0.1) is 4.92 Å². The molecule has 0 aromatic heterocycles. The quantitative estimate of drug-likeness (QED) is 0.460. The van der Waals surface area contributed by atoms with Gasteiger partial charge in [-0.25, -0.2) is 0 Å². The summed E-state index contributed by atoms with van der Waals surface area (Å²) < 4.78 is 0. The molecule has 0 aliphatic rings. The molecule has 0 aliphatic heterocycles. The SMILES string of the molecule is Cc1cc([N+](=O)[O-])ccc1C(=O)NCCCC(=O)O. The van der Waals surface area contributed by atoms with E-state index in [1.54, 1.807) is 6.92 Å². The van der Waals surface area contributed by atoms with Crippen LogP contribution in [0.4, 0.5) is 5.69 Å². The molecule has 0 aliphatic carbocycles. The fourth-order valence-corrected chi connectivity index (χ4v) is 1.55. The van der Waals surface area contributed by atoms with Crippen molar-refractivity contribution in [2.24, 2.45) is 0 Å². The molecule has 0 atom stereocenters. The van der Waals surface area contributed by atoms with Crippen LogP contribution >= 0.6 is 0 Å². The van der Waals surface area contributed by atoms with Crippen LogP contribution in [0.25, 0.3) is 0 Å². The minimum absolute atomic E-state index is 0.0144. The largest absolute Gasteiger partial charge is 0.481 e. The molecule has 0 bridgehead atoms. The number of nitrogens with one attached hydrogen (secondary N) is 1. The number of aliphatic carboxylic acids is 1. The van der Waals surface area contributed by atoms with E-state index in [-0.39, 0.29) is 24.6 Å². The summed E-state index contributed by atoms with van der Waals surface area (Å²) in [6, 6.07) is 3.98. The van der Waals surface area contributed by atoms with Gasteiger partial charge in [0.1, 0.15) is 0 Å². The molecule has 19 heavy (non-hydrogen) atoms. The van der Waals surface area contributed by atoms with Crippen molar-refractivity contribution in [1.29, 1.82) is 0 Å². The van der Waals surface area contributed by atoms with Gasteiger partial charge in [-0.15, -0.1) is 0 Å². The zero-order valence-electron chi connectivity index (χ0n) is 10.4. The summed E-state index contributed by atoms with van der Waals surface area (Å²) >= 11 is 0. The third-order valence-electron chi connectivity index (χ3n) is 2.52. The van der Waals surface area contributed by atoms with Gasteiger partial charge < -0.3 is 10.4 Å². The standard InChI is InChI=1S/C12H14N2O5/c1-8-7-9(14(18)19)4-5-10(8)12(17)13-6-2-3-11(15)16/h4-5,7H,2-3,6H2,1H3,(H,13,17)(H,15,16). The maximum Gasteiger partial charge on any atom is 0.303 e. The maximum absolute atomic E-state index is 11.8. The molecule has 0 unspecified atom stereocenters. The molecule has 7 nitrogen and oxygen atoms in total. The second kappa shape index (κ2) is 6.48. The Morgan fingerprint density at radius 1 is 1.42 bits per heavy atom. The second-order valence-electron chi connectivity index (χ2n) is 4.01. The number of rotatable bonds is 6. The number of nitrogens with zero attached hydrogens (tertiary/aromatic N) is 1. The molecule has 1 rings (SSSR count). The van der Waals surface area contributed by atoms with Gasteiger partial charge in [-0.2, -0.15) is 0 Å². The van der Waals surface area contributed by atoms with Gasteiger partial charge >= 0.3 is 5.97 Å². The molecule has 0 fully saturated rings. The highest BCUT2D eigenvalue weighted by Crippen LogP contribution is 2.16. The Labute approximate surface area is 109 Å². The topological polar surface area (TPSA) is 110 Å². The lowest BCUT2D eigenvalue weighted by molar-refractivity contribution is -0.384. The van der Waals surface area contributed by atoms with E-state index in [0.717, 1.165) is 0 Å². The van der Waals surface area contributed by atoms with Crippen LogP contribution in [-0.4, -0.2) is 28.5 Å². The summed E-state index contributed by atoms with van der Waals surface area (Å²) in [7, 11) is 0. The highest BCUT2D eigenvalue weighted by atomic mass is 16.6. The van der Waals surface area contributed by atoms with Crippen LogP contribution < -0.4 is 5.32 Å². The first-order valence-corrected chi connectivity index (χ1v) is 5.67. The van der Waals surface area contributed by atoms with Gasteiger partial charge in [0.25, 0.3) is 11.6 Å². The van der Waals surface area contributed by atoms with E-state index in [9.17, 15) is 19.7 Å². The molecule has 1 aromatic carbocycles. The van der Waals surface area contributed by atoms with Gasteiger partial charge in [0.2, 0.25) is 0 Å². The van der Waals surface area contributed by atoms with Crippen molar-refractivity contribution in [3.63, 3.8) is 0 Å². The molecule has 0 spiro atoms. The Kier molecular flexibility index (Phi) is 4.99. The number of nitro groups is 1. The summed E-state index contributed by atoms with van der Waals surface area (Å²) in [5, 5.41) is 21.6. The van der Waals surface area contributed by atoms with E-state index in [2.05, 4.69) is 5.32 Å². The molecule has 0 saturated carbocycles. The molecule has 102 valence electrons. The fourth-order valence-electron chi connectivity index (χ4n) is 1.55. The first-order valence-electron chi connectivity index (χ1n) is 5.67. The third-order valence-corrected chi connectivity index (χ3v) is 2.52. The molecule has 0 heterocycles. The summed E-state index contributed by atoms with van der Waals surface area (Å²) in [5.41, 5.74) is 0.783. The molecule has 1 amide bonds. The third kappa shape index (κ3) is 4.38. The number of carboxylic acid groups (broad SMARTS) is 1. The number of carbonyl (C=O) groups excluding carboxylic acids is 1. The van der Waals surface area contributed by atoms with Gasteiger partial charge in [-0.1, -0.05) is 0 Å². The van der Waals surface area contributed by atoms with Crippen LogP contribution in [0, 0.1) is 17.0 Å². The van der Waals surface area contributed by atoms with Gasteiger partial charge in [-0.3, -0.25) is 19.7 Å². The summed E-state index contributed by atoms with van der Waals surface area (Å²) in [5.74, 6) is -1.28. The Morgan fingerprint density at radius 3 is 2.63 bits per heavy atom. The number of carboxylic acids is 1. The number of non-ortho nitro benzene ring substituents is 1. The van der Waals surface area contributed by atoms with E-state index < -0.39 is 10.9 Å². The number of nitro benzene ring substituents is 1. The Hall–Kier alpha value is -2.44. The maximum atomic E-state index is 11.8. The van der Waals surface area contributed by atoms with E-state index in [1.165, 1.54) is 18.2 Å². The predicted octanol–water partition coefficient (Wildman–Crippen LogP) is 1.50. The Balaban J connectivity index is 2.62. The monoisotopic (exact) mass is 266 g/mol. The van der Waals surface area contributed by atoms with Crippen LogP contribution in [0.1, 0.15) is 28.8 Å². The summed E-state index contributed by atoms with van der Waals surface area (Å²) in [4.78, 5) is 32.1. The number of benzene rings is 1. The molecule has 1 aromatic rings. The second-order valence-corrected chi connectivity index (χ2v) is 4.01. The van der Waals surface area contributed by atoms with Crippen molar-refractivity contribution in [1.82, 2.24) is 5.32 Å². The van der Waals surface area contributed by atoms with Crippen molar-refractivity contribution < 1.29 is 19.6 Å². The summed E-state index contributed by atoms with van der Waals surface area (Å²) in [6.07, 6.45) is 0.326. The number of amides is 1.